The Morgan fingerprint density at radius 2 is 2.56 bits per heavy atom. The van der Waals surface area contributed by atoms with Gasteiger partial charge < -0.3 is 5.32 Å². The molecule has 0 bridgehead atoms. The van der Waals surface area contributed by atoms with E-state index in [-0.39, 0.29) is 6.04 Å². The van der Waals surface area contributed by atoms with Gasteiger partial charge in [-0.25, -0.2) is 4.98 Å². The highest BCUT2D eigenvalue weighted by molar-refractivity contribution is 4.87. The predicted molar refractivity (Wildman–Crippen MR) is 33.9 cm³/mol. The van der Waals surface area contributed by atoms with Crippen molar-refractivity contribution in [2.24, 2.45) is 0 Å². The Bertz CT molecular complexity index is 157. The number of hydrogen-bond acceptors (Lipinski definition) is 3. The number of hydrogen-bond donors (Lipinski definition) is 2. The van der Waals surface area contributed by atoms with Crippen molar-refractivity contribution in [2.75, 3.05) is 7.05 Å². The minimum Gasteiger partial charge on any atom is -0.311 e. The highest BCUT2D eigenvalue weighted by Gasteiger charge is 2.03. The molecular formula is C5H10N4. The molecule has 0 aromatic carbocycles. The smallest absolute Gasteiger partial charge is 0.166 e. The Hall–Kier alpha value is -0.900. The van der Waals surface area contributed by atoms with Crippen molar-refractivity contribution in [3.8, 4) is 0 Å². The molecule has 0 aliphatic heterocycles. The first-order valence-corrected chi connectivity index (χ1v) is 2.87. The maximum absolute atomic E-state index is 3.96. The SMILES string of the molecule is CNC(C)c1nc[nH]n1. The zero-order valence-electron chi connectivity index (χ0n) is 5.55. The molecular weight excluding hydrogens is 116 g/mol. The molecule has 0 aliphatic rings. The number of aromatic amines is 1. The fourth-order valence-electron chi connectivity index (χ4n) is 0.557. The molecule has 0 aliphatic carbocycles. The third-order valence-corrected chi connectivity index (χ3v) is 1.25. The fourth-order valence-corrected chi connectivity index (χ4v) is 0.557. The van der Waals surface area contributed by atoms with Crippen molar-refractivity contribution >= 4 is 0 Å². The highest BCUT2D eigenvalue weighted by atomic mass is 15.2. The summed E-state index contributed by atoms with van der Waals surface area (Å²) in [5.74, 6) is 0.803. The molecule has 4 nitrogen and oxygen atoms in total. The van der Waals surface area contributed by atoms with Crippen LogP contribution in [0.1, 0.15) is 18.8 Å². The molecule has 1 rings (SSSR count). The Labute approximate surface area is 53.7 Å². The molecule has 0 saturated carbocycles. The zero-order chi connectivity index (χ0) is 6.69. The van der Waals surface area contributed by atoms with Gasteiger partial charge in [-0.1, -0.05) is 0 Å². The molecule has 4 heteroatoms. The van der Waals surface area contributed by atoms with Crippen molar-refractivity contribution in [3.05, 3.63) is 12.2 Å². The minimum absolute atomic E-state index is 0.233. The molecule has 50 valence electrons. The van der Waals surface area contributed by atoms with E-state index in [4.69, 9.17) is 0 Å². The Morgan fingerprint density at radius 3 is 3.00 bits per heavy atom. The van der Waals surface area contributed by atoms with Gasteiger partial charge in [-0.3, -0.25) is 5.10 Å². The lowest BCUT2D eigenvalue weighted by atomic mass is 10.3. The van der Waals surface area contributed by atoms with Crippen molar-refractivity contribution < 1.29 is 0 Å². The number of nitrogens with one attached hydrogen (secondary N) is 2. The van der Waals surface area contributed by atoms with Crippen molar-refractivity contribution in [1.82, 2.24) is 20.5 Å². The van der Waals surface area contributed by atoms with Gasteiger partial charge in [0.2, 0.25) is 0 Å². The molecule has 1 unspecified atom stereocenters. The Kier molecular flexibility index (Phi) is 1.79. The van der Waals surface area contributed by atoms with Crippen LogP contribution in [0.3, 0.4) is 0 Å². The van der Waals surface area contributed by atoms with E-state index in [0.717, 1.165) is 5.82 Å². The van der Waals surface area contributed by atoms with Gasteiger partial charge in [0.05, 0.1) is 6.04 Å². The second-order valence-electron chi connectivity index (χ2n) is 1.87. The molecule has 1 heterocycles. The van der Waals surface area contributed by atoms with Crippen molar-refractivity contribution in [3.63, 3.8) is 0 Å². The summed E-state index contributed by atoms with van der Waals surface area (Å²) < 4.78 is 0. The highest BCUT2D eigenvalue weighted by Crippen LogP contribution is 2.00. The van der Waals surface area contributed by atoms with E-state index in [1.165, 1.54) is 0 Å². The van der Waals surface area contributed by atoms with Crippen LogP contribution in [0, 0.1) is 0 Å². The van der Waals surface area contributed by atoms with Gasteiger partial charge in [-0.2, -0.15) is 5.10 Å². The van der Waals surface area contributed by atoms with Gasteiger partial charge >= 0.3 is 0 Å². The summed E-state index contributed by atoms with van der Waals surface area (Å²) >= 11 is 0. The van der Waals surface area contributed by atoms with Gasteiger partial charge in [0.15, 0.2) is 5.82 Å². The number of nitrogens with zero attached hydrogens (tertiary/aromatic N) is 2. The normalized spacial score (nSPS) is 13.6. The summed E-state index contributed by atoms with van der Waals surface area (Å²) in [5.41, 5.74) is 0. The molecule has 9 heavy (non-hydrogen) atoms. The van der Waals surface area contributed by atoms with E-state index in [1.54, 1.807) is 6.33 Å². The van der Waals surface area contributed by atoms with E-state index < -0.39 is 0 Å². The standard InChI is InChI=1S/C5H10N4/c1-4(6-2)5-7-3-8-9-5/h3-4,6H,1-2H3,(H,7,8,9). The first kappa shape index (κ1) is 6.22. The van der Waals surface area contributed by atoms with Crippen LogP contribution >= 0.6 is 0 Å². The topological polar surface area (TPSA) is 53.6 Å². The number of rotatable bonds is 2. The summed E-state index contributed by atoms with van der Waals surface area (Å²) in [7, 11) is 1.88. The predicted octanol–water partition coefficient (Wildman–Crippen LogP) is 0.0851. The van der Waals surface area contributed by atoms with Gasteiger partial charge in [0, 0.05) is 0 Å². The summed E-state index contributed by atoms with van der Waals surface area (Å²) in [6, 6.07) is 0.233. The van der Waals surface area contributed by atoms with Crippen LogP contribution in [0.15, 0.2) is 6.33 Å². The lowest BCUT2D eigenvalue weighted by molar-refractivity contribution is 0.613. The van der Waals surface area contributed by atoms with Crippen molar-refractivity contribution in [1.29, 1.82) is 0 Å². The van der Waals surface area contributed by atoms with Crippen LogP contribution in [0.4, 0.5) is 0 Å². The number of H-pyrrole nitrogens is 1. The van der Waals surface area contributed by atoms with E-state index in [0.29, 0.717) is 0 Å². The van der Waals surface area contributed by atoms with Gasteiger partial charge in [-0.05, 0) is 14.0 Å². The van der Waals surface area contributed by atoms with E-state index in [1.807, 2.05) is 14.0 Å². The molecule has 0 radical (unpaired) electrons. The maximum Gasteiger partial charge on any atom is 0.166 e. The lowest BCUT2D eigenvalue weighted by Crippen LogP contribution is -2.13. The van der Waals surface area contributed by atoms with Gasteiger partial charge in [0.25, 0.3) is 0 Å². The van der Waals surface area contributed by atoms with Crippen LogP contribution in [-0.4, -0.2) is 22.2 Å². The zero-order valence-corrected chi connectivity index (χ0v) is 5.55. The van der Waals surface area contributed by atoms with Crippen LogP contribution in [0.2, 0.25) is 0 Å². The van der Waals surface area contributed by atoms with Crippen molar-refractivity contribution in [2.45, 2.75) is 13.0 Å². The van der Waals surface area contributed by atoms with Crippen LogP contribution < -0.4 is 5.32 Å². The first-order valence-electron chi connectivity index (χ1n) is 2.87. The second kappa shape index (κ2) is 2.59. The third kappa shape index (κ3) is 1.26. The average molecular weight is 126 g/mol. The summed E-state index contributed by atoms with van der Waals surface area (Å²) in [4.78, 5) is 3.96. The van der Waals surface area contributed by atoms with Gasteiger partial charge in [-0.15, -0.1) is 0 Å². The summed E-state index contributed by atoms with van der Waals surface area (Å²) in [6.07, 6.45) is 1.57. The van der Waals surface area contributed by atoms with Crippen LogP contribution in [0.25, 0.3) is 0 Å². The molecule has 0 spiro atoms. The minimum atomic E-state index is 0.233. The van der Waals surface area contributed by atoms with Crippen LogP contribution in [0.5, 0.6) is 0 Å². The molecule has 0 fully saturated rings. The third-order valence-electron chi connectivity index (χ3n) is 1.25. The largest absolute Gasteiger partial charge is 0.311 e. The summed E-state index contributed by atoms with van der Waals surface area (Å²) in [5, 5.41) is 9.55. The van der Waals surface area contributed by atoms with Gasteiger partial charge in [0.1, 0.15) is 6.33 Å². The molecule has 0 saturated heterocycles. The van der Waals surface area contributed by atoms with E-state index in [2.05, 4.69) is 20.5 Å². The van der Waals surface area contributed by atoms with Crippen LogP contribution in [-0.2, 0) is 0 Å². The molecule has 1 atom stereocenters. The first-order chi connectivity index (χ1) is 4.34. The van der Waals surface area contributed by atoms with E-state index >= 15 is 0 Å². The molecule has 2 N–H and O–H groups in total. The second-order valence-corrected chi connectivity index (χ2v) is 1.87. The molecule has 1 aromatic rings. The summed E-state index contributed by atoms with van der Waals surface area (Å²) in [6.45, 7) is 2.00. The quantitative estimate of drug-likeness (QED) is 0.590. The lowest BCUT2D eigenvalue weighted by Gasteiger charge is -2.01. The number of aromatic nitrogens is 3. The van der Waals surface area contributed by atoms with E-state index in [9.17, 15) is 0 Å². The molecule has 0 amide bonds. The maximum atomic E-state index is 3.96. The Balaban J connectivity index is 2.65. The fraction of sp³-hybridized carbons (Fsp3) is 0.600. The average Bonchev–Trinajstić information content (AvgIpc) is 2.37. The Morgan fingerprint density at radius 1 is 1.78 bits per heavy atom. The molecule has 1 aromatic heterocycles. The monoisotopic (exact) mass is 126 g/mol.